The van der Waals surface area contributed by atoms with Crippen LogP contribution in [0.4, 0.5) is 13.2 Å². The number of carbonyl (C=O) groups excluding carboxylic acids is 2. The Hall–Kier alpha value is -2.72. The van der Waals surface area contributed by atoms with Crippen LogP contribution in [0.2, 0.25) is 0 Å². The second-order valence-electron chi connectivity index (χ2n) is 8.37. The fraction of sp³-hybridized carbons (Fsp3) is 0.391. The molecule has 0 spiro atoms. The number of hydrogen-bond donors (Lipinski definition) is 0. The van der Waals surface area contributed by atoms with Gasteiger partial charge in [0.15, 0.2) is 12.4 Å². The maximum atomic E-state index is 12.9. The first-order valence-corrected chi connectivity index (χ1v) is 11.8. The van der Waals surface area contributed by atoms with Gasteiger partial charge < -0.3 is 4.74 Å². The average molecular weight is 484 g/mol. The molecular formula is C23H24F3NO5S. The molecule has 1 heterocycles. The van der Waals surface area contributed by atoms with E-state index in [0.29, 0.717) is 19.2 Å². The van der Waals surface area contributed by atoms with Crippen molar-refractivity contribution < 1.29 is 35.9 Å². The van der Waals surface area contributed by atoms with E-state index < -0.39 is 40.1 Å². The zero-order valence-corrected chi connectivity index (χ0v) is 18.9. The number of rotatable bonds is 6. The Morgan fingerprint density at radius 3 is 2.18 bits per heavy atom. The van der Waals surface area contributed by atoms with Gasteiger partial charge in [-0.1, -0.05) is 26.0 Å². The molecule has 0 amide bonds. The Morgan fingerprint density at radius 2 is 1.61 bits per heavy atom. The highest BCUT2D eigenvalue weighted by Crippen LogP contribution is 2.30. The summed E-state index contributed by atoms with van der Waals surface area (Å²) in [6, 6.07) is 8.98. The largest absolute Gasteiger partial charge is 0.454 e. The van der Waals surface area contributed by atoms with Gasteiger partial charge in [-0.2, -0.15) is 17.5 Å². The third-order valence-corrected chi connectivity index (χ3v) is 7.26. The van der Waals surface area contributed by atoms with Crippen molar-refractivity contribution in [3.63, 3.8) is 0 Å². The number of ketones is 1. The molecule has 2 aromatic carbocycles. The summed E-state index contributed by atoms with van der Waals surface area (Å²) in [4.78, 5) is 24.4. The average Bonchev–Trinajstić information content (AvgIpc) is 2.76. The van der Waals surface area contributed by atoms with Gasteiger partial charge in [-0.15, -0.1) is 0 Å². The van der Waals surface area contributed by atoms with Crippen LogP contribution in [0.1, 0.15) is 46.5 Å². The van der Waals surface area contributed by atoms with Gasteiger partial charge >= 0.3 is 12.1 Å². The normalized spacial score (nSPS) is 19.8. The quantitative estimate of drug-likeness (QED) is 0.449. The lowest BCUT2D eigenvalue weighted by Gasteiger charge is -2.34. The fourth-order valence-electron chi connectivity index (χ4n) is 3.88. The van der Waals surface area contributed by atoms with Gasteiger partial charge in [0.05, 0.1) is 16.0 Å². The number of hydrogen-bond acceptors (Lipinski definition) is 5. The molecule has 0 aromatic heterocycles. The lowest BCUT2D eigenvalue weighted by atomic mass is 9.94. The molecular weight excluding hydrogens is 459 g/mol. The van der Waals surface area contributed by atoms with Crippen LogP contribution in [0, 0.1) is 11.8 Å². The minimum Gasteiger partial charge on any atom is -0.454 e. The molecule has 10 heteroatoms. The zero-order chi connectivity index (χ0) is 24.4. The van der Waals surface area contributed by atoms with Gasteiger partial charge in [0.1, 0.15) is 0 Å². The number of halogens is 3. The van der Waals surface area contributed by atoms with Gasteiger partial charge in [-0.25, -0.2) is 13.2 Å². The Morgan fingerprint density at radius 1 is 1.00 bits per heavy atom. The zero-order valence-electron chi connectivity index (χ0n) is 18.1. The van der Waals surface area contributed by atoms with Crippen LogP contribution < -0.4 is 0 Å². The summed E-state index contributed by atoms with van der Waals surface area (Å²) in [5, 5.41) is 0. The molecule has 0 N–H and O–H groups in total. The van der Waals surface area contributed by atoms with Gasteiger partial charge in [-0.05, 0) is 54.7 Å². The Labute approximate surface area is 190 Å². The molecule has 0 aliphatic carbocycles. The van der Waals surface area contributed by atoms with E-state index in [4.69, 9.17) is 4.74 Å². The maximum Gasteiger partial charge on any atom is 0.416 e. The van der Waals surface area contributed by atoms with Crippen molar-refractivity contribution in [1.82, 2.24) is 4.31 Å². The molecule has 1 aliphatic rings. The Kier molecular flexibility index (Phi) is 7.28. The van der Waals surface area contributed by atoms with Gasteiger partial charge in [-0.3, -0.25) is 4.79 Å². The third kappa shape index (κ3) is 6.00. The smallest absolute Gasteiger partial charge is 0.416 e. The van der Waals surface area contributed by atoms with Crippen LogP contribution in [0.25, 0.3) is 0 Å². The minimum absolute atomic E-state index is 0.0196. The lowest BCUT2D eigenvalue weighted by Crippen LogP contribution is -2.42. The van der Waals surface area contributed by atoms with Gasteiger partial charge in [0.25, 0.3) is 0 Å². The first kappa shape index (κ1) is 24.9. The molecule has 178 valence electrons. The van der Waals surface area contributed by atoms with Crippen molar-refractivity contribution in [3.05, 3.63) is 65.2 Å². The van der Waals surface area contributed by atoms with E-state index in [9.17, 15) is 31.2 Å². The highest BCUT2D eigenvalue weighted by Gasteiger charge is 2.32. The minimum atomic E-state index is -4.60. The number of esters is 1. The summed E-state index contributed by atoms with van der Waals surface area (Å²) >= 11 is 0. The maximum absolute atomic E-state index is 12.9. The van der Waals surface area contributed by atoms with Crippen molar-refractivity contribution >= 4 is 21.8 Å². The fourth-order valence-corrected chi connectivity index (χ4v) is 5.56. The van der Waals surface area contributed by atoms with Crippen molar-refractivity contribution in [2.24, 2.45) is 11.8 Å². The highest BCUT2D eigenvalue weighted by atomic mass is 32.2. The molecule has 6 nitrogen and oxygen atoms in total. The summed E-state index contributed by atoms with van der Waals surface area (Å²) in [5.74, 6) is -1.19. The van der Waals surface area contributed by atoms with Gasteiger partial charge in [0.2, 0.25) is 10.0 Å². The van der Waals surface area contributed by atoms with Crippen molar-refractivity contribution in [1.29, 1.82) is 0 Å². The summed E-state index contributed by atoms with van der Waals surface area (Å²) in [6.45, 7) is 4.10. The molecule has 1 saturated heterocycles. The van der Waals surface area contributed by atoms with E-state index in [1.54, 1.807) is 0 Å². The number of benzene rings is 2. The summed E-state index contributed by atoms with van der Waals surface area (Å²) in [5.41, 5.74) is -1.19. The third-order valence-electron chi connectivity index (χ3n) is 5.41. The topological polar surface area (TPSA) is 80.8 Å². The standard InChI is InChI=1S/C23H24F3NO5S/c1-15-10-16(2)13-27(12-15)33(30,31)20-8-6-17(7-9-20)22(29)32-14-21(28)18-4-3-5-19(11-18)23(24,25)26/h3-9,11,15-16H,10,12-14H2,1-2H3/t15-,16+. The van der Waals surface area contributed by atoms with Crippen LogP contribution in [0.3, 0.4) is 0 Å². The van der Waals surface area contributed by atoms with Crippen molar-refractivity contribution in [2.45, 2.75) is 31.3 Å². The summed E-state index contributed by atoms with van der Waals surface area (Å²) in [7, 11) is -3.71. The van der Waals surface area contributed by atoms with Crippen LogP contribution >= 0.6 is 0 Å². The van der Waals surface area contributed by atoms with Crippen LogP contribution in [0.15, 0.2) is 53.4 Å². The van der Waals surface area contributed by atoms with Crippen molar-refractivity contribution in [2.75, 3.05) is 19.7 Å². The second kappa shape index (κ2) is 9.64. The number of carbonyl (C=O) groups is 2. The Bertz CT molecular complexity index is 1120. The van der Waals surface area contributed by atoms with Crippen LogP contribution in [-0.2, 0) is 20.9 Å². The molecule has 3 rings (SSSR count). The first-order chi connectivity index (χ1) is 15.4. The molecule has 1 aliphatic heterocycles. The number of piperidine rings is 1. The molecule has 0 saturated carbocycles. The Balaban J connectivity index is 1.64. The molecule has 0 unspecified atom stereocenters. The molecule has 2 atom stereocenters. The van der Waals surface area contributed by atoms with Crippen LogP contribution in [-0.4, -0.2) is 44.2 Å². The van der Waals surface area contributed by atoms with Crippen molar-refractivity contribution in [3.8, 4) is 0 Å². The second-order valence-corrected chi connectivity index (χ2v) is 10.3. The summed E-state index contributed by atoms with van der Waals surface area (Å²) in [6.07, 6.45) is -3.64. The van der Waals surface area contributed by atoms with E-state index in [1.807, 2.05) is 13.8 Å². The van der Waals surface area contributed by atoms with E-state index >= 15 is 0 Å². The molecule has 0 radical (unpaired) electrons. The monoisotopic (exact) mass is 483 g/mol. The van der Waals surface area contributed by atoms with E-state index in [2.05, 4.69) is 0 Å². The molecule has 0 bridgehead atoms. The lowest BCUT2D eigenvalue weighted by molar-refractivity contribution is -0.137. The highest BCUT2D eigenvalue weighted by molar-refractivity contribution is 7.89. The molecule has 1 fully saturated rings. The first-order valence-electron chi connectivity index (χ1n) is 10.4. The van der Waals surface area contributed by atoms with E-state index in [1.165, 1.54) is 34.6 Å². The predicted molar refractivity (Wildman–Crippen MR) is 114 cm³/mol. The number of alkyl halides is 3. The molecule has 2 aromatic rings. The number of sulfonamides is 1. The number of ether oxygens (including phenoxy) is 1. The van der Waals surface area contributed by atoms with Crippen LogP contribution in [0.5, 0.6) is 0 Å². The number of nitrogens with zero attached hydrogens (tertiary/aromatic N) is 1. The summed E-state index contributed by atoms with van der Waals surface area (Å²) < 4.78 is 70.6. The van der Waals surface area contributed by atoms with E-state index in [-0.39, 0.29) is 27.9 Å². The SMILES string of the molecule is C[C@@H]1C[C@H](C)CN(S(=O)(=O)c2ccc(C(=O)OCC(=O)c3cccc(C(F)(F)F)c3)cc2)C1. The molecule has 33 heavy (non-hydrogen) atoms. The van der Waals surface area contributed by atoms with Gasteiger partial charge in [0, 0.05) is 18.7 Å². The predicted octanol–water partition coefficient (Wildman–Crippen LogP) is 4.41. The number of Topliss-reactive ketones (excluding diaryl/α,β-unsaturated/α-hetero) is 1. The van der Waals surface area contributed by atoms with E-state index in [0.717, 1.165) is 18.6 Å².